The van der Waals surface area contributed by atoms with Crippen LogP contribution in [0, 0.1) is 0 Å². The van der Waals surface area contributed by atoms with Crippen LogP contribution in [-0.4, -0.2) is 23.2 Å². The molecule has 0 aliphatic carbocycles. The lowest BCUT2D eigenvalue weighted by atomic mass is 10.0. The van der Waals surface area contributed by atoms with Gasteiger partial charge in [-0.3, -0.25) is 0 Å². The van der Waals surface area contributed by atoms with E-state index in [4.69, 9.17) is 0 Å². The van der Waals surface area contributed by atoms with Gasteiger partial charge in [0.05, 0.1) is 0 Å². The molecule has 4 heteroatoms. The Labute approximate surface area is 94.3 Å². The van der Waals surface area contributed by atoms with Crippen molar-refractivity contribution < 1.29 is 14.4 Å². The molecule has 0 radical (unpaired) electrons. The third kappa shape index (κ3) is 1.79. The van der Waals surface area contributed by atoms with Crippen LogP contribution in [0.5, 0.6) is 0 Å². The van der Waals surface area contributed by atoms with Crippen LogP contribution in [0.1, 0.15) is 5.56 Å². The lowest BCUT2D eigenvalue weighted by molar-refractivity contribution is 0.250. The van der Waals surface area contributed by atoms with Crippen LogP contribution in [-0.2, 0) is 0 Å². The van der Waals surface area contributed by atoms with Crippen molar-refractivity contribution in [3.05, 3.63) is 48.5 Å². The van der Waals surface area contributed by atoms with Gasteiger partial charge in [0.15, 0.2) is 0 Å². The van der Waals surface area contributed by atoms with E-state index in [9.17, 15) is 14.4 Å². The zero-order valence-electron chi connectivity index (χ0n) is 8.59. The fraction of sp³-hybridized carbons (Fsp3) is 0. The molecule has 0 heterocycles. The van der Waals surface area contributed by atoms with Gasteiger partial charge in [-0.05, 0) is 16.3 Å². The number of hydrogen-bond donors (Lipinski definition) is 3. The van der Waals surface area contributed by atoms with E-state index in [1.54, 1.807) is 24.3 Å². The van der Waals surface area contributed by atoms with Crippen molar-refractivity contribution in [3.8, 4) is 0 Å². The molecular formula is C12H12O3Si. The SMILES string of the molecule is C=Cc1ccc([Si](O)(O)O)c2ccccc12. The van der Waals surface area contributed by atoms with E-state index in [1.807, 2.05) is 12.1 Å². The van der Waals surface area contributed by atoms with E-state index in [-0.39, 0.29) is 5.19 Å². The van der Waals surface area contributed by atoms with Gasteiger partial charge in [-0.2, -0.15) is 0 Å². The number of hydrogen-bond acceptors (Lipinski definition) is 3. The summed E-state index contributed by atoms with van der Waals surface area (Å²) in [6.45, 7) is 3.70. The fourth-order valence-electron chi connectivity index (χ4n) is 1.79. The Kier molecular flexibility index (Phi) is 2.65. The molecule has 16 heavy (non-hydrogen) atoms. The van der Waals surface area contributed by atoms with Gasteiger partial charge in [-0.1, -0.05) is 49.1 Å². The molecule has 0 bridgehead atoms. The maximum atomic E-state index is 9.37. The Morgan fingerprint density at radius 2 is 1.56 bits per heavy atom. The quantitative estimate of drug-likeness (QED) is 0.665. The van der Waals surface area contributed by atoms with E-state index in [0.717, 1.165) is 10.9 Å². The highest BCUT2D eigenvalue weighted by molar-refractivity contribution is 6.74. The minimum Gasteiger partial charge on any atom is -0.386 e. The maximum Gasteiger partial charge on any atom is 0.529 e. The molecule has 3 nitrogen and oxygen atoms in total. The van der Waals surface area contributed by atoms with Gasteiger partial charge in [0.1, 0.15) is 0 Å². The molecule has 0 aliphatic heterocycles. The van der Waals surface area contributed by atoms with Gasteiger partial charge in [-0.25, -0.2) is 0 Å². The summed E-state index contributed by atoms with van der Waals surface area (Å²) in [5.74, 6) is 0. The maximum absolute atomic E-state index is 9.37. The fourth-order valence-corrected chi connectivity index (χ4v) is 2.68. The molecule has 0 unspecified atom stereocenters. The first-order valence-corrected chi connectivity index (χ1v) is 6.70. The van der Waals surface area contributed by atoms with Crippen LogP contribution in [0.2, 0.25) is 0 Å². The molecule has 2 rings (SSSR count). The van der Waals surface area contributed by atoms with Crippen molar-refractivity contribution in [2.45, 2.75) is 0 Å². The molecule has 0 saturated heterocycles. The monoisotopic (exact) mass is 232 g/mol. The van der Waals surface area contributed by atoms with Crippen LogP contribution < -0.4 is 5.19 Å². The Hall–Kier alpha value is -1.46. The number of rotatable bonds is 2. The summed E-state index contributed by atoms with van der Waals surface area (Å²) in [5, 5.41) is 1.71. The Morgan fingerprint density at radius 1 is 0.938 bits per heavy atom. The first kappa shape index (κ1) is 11.0. The molecule has 0 aliphatic rings. The predicted octanol–water partition coefficient (Wildman–Crippen LogP) is 0.606. The largest absolute Gasteiger partial charge is 0.529 e. The summed E-state index contributed by atoms with van der Waals surface area (Å²) < 4.78 is 0. The Morgan fingerprint density at radius 3 is 2.12 bits per heavy atom. The first-order chi connectivity index (χ1) is 7.54. The van der Waals surface area contributed by atoms with Gasteiger partial charge in [0.2, 0.25) is 0 Å². The smallest absolute Gasteiger partial charge is 0.386 e. The molecule has 2 aromatic rings. The van der Waals surface area contributed by atoms with E-state index >= 15 is 0 Å². The van der Waals surface area contributed by atoms with Crippen LogP contribution in [0.15, 0.2) is 43.0 Å². The summed E-state index contributed by atoms with van der Waals surface area (Å²) in [4.78, 5) is 28.1. The molecular weight excluding hydrogens is 220 g/mol. The van der Waals surface area contributed by atoms with Gasteiger partial charge < -0.3 is 14.4 Å². The van der Waals surface area contributed by atoms with E-state index in [1.165, 1.54) is 6.07 Å². The van der Waals surface area contributed by atoms with Crippen molar-refractivity contribution in [3.63, 3.8) is 0 Å². The number of fused-ring (bicyclic) bond motifs is 1. The van der Waals surface area contributed by atoms with Crippen molar-refractivity contribution in [1.29, 1.82) is 0 Å². The zero-order chi connectivity index (χ0) is 11.8. The summed E-state index contributed by atoms with van der Waals surface area (Å²) in [6.07, 6.45) is 1.70. The van der Waals surface area contributed by atoms with Gasteiger partial charge in [0, 0.05) is 5.19 Å². The molecule has 2 aromatic carbocycles. The third-order valence-corrected chi connectivity index (χ3v) is 3.70. The molecule has 0 saturated carbocycles. The Balaban J connectivity index is 2.85. The summed E-state index contributed by atoms with van der Waals surface area (Å²) in [5.41, 5.74) is 0.901. The van der Waals surface area contributed by atoms with E-state index in [2.05, 4.69) is 6.58 Å². The minimum atomic E-state index is -4.27. The Bertz CT molecular complexity index is 543. The standard InChI is InChI=1S/C12H12O3Si/c1-2-9-7-8-12(16(13,14)15)11-6-4-3-5-10(9)11/h2-8,13-15H,1H2. The van der Waals surface area contributed by atoms with Crippen LogP contribution in [0.3, 0.4) is 0 Å². The van der Waals surface area contributed by atoms with Crippen molar-refractivity contribution in [2.75, 3.05) is 0 Å². The molecule has 0 atom stereocenters. The summed E-state index contributed by atoms with van der Waals surface area (Å²) in [6, 6.07) is 10.5. The predicted molar refractivity (Wildman–Crippen MR) is 66.1 cm³/mol. The normalized spacial score (nSPS) is 11.7. The highest BCUT2D eigenvalue weighted by Gasteiger charge is 2.32. The second kappa shape index (κ2) is 3.84. The molecule has 3 N–H and O–H groups in total. The number of benzene rings is 2. The van der Waals surface area contributed by atoms with Gasteiger partial charge >= 0.3 is 8.80 Å². The lowest BCUT2D eigenvalue weighted by Crippen LogP contribution is -2.49. The average Bonchev–Trinajstić information content (AvgIpc) is 2.26. The molecule has 0 amide bonds. The lowest BCUT2D eigenvalue weighted by Gasteiger charge is -2.14. The van der Waals surface area contributed by atoms with Crippen LogP contribution in [0.4, 0.5) is 0 Å². The zero-order valence-corrected chi connectivity index (χ0v) is 9.59. The van der Waals surface area contributed by atoms with Gasteiger partial charge in [-0.15, -0.1) is 0 Å². The molecule has 0 aromatic heterocycles. The summed E-state index contributed by atoms with van der Waals surface area (Å²) >= 11 is 0. The summed E-state index contributed by atoms with van der Waals surface area (Å²) in [7, 11) is -4.27. The van der Waals surface area contributed by atoms with Crippen molar-refractivity contribution in [2.24, 2.45) is 0 Å². The van der Waals surface area contributed by atoms with Gasteiger partial charge in [0.25, 0.3) is 0 Å². The third-order valence-electron chi connectivity index (χ3n) is 2.54. The molecule has 0 spiro atoms. The van der Waals surface area contributed by atoms with E-state index < -0.39 is 8.80 Å². The van der Waals surface area contributed by atoms with Crippen LogP contribution >= 0.6 is 0 Å². The van der Waals surface area contributed by atoms with Crippen LogP contribution in [0.25, 0.3) is 16.8 Å². The highest BCUT2D eigenvalue weighted by atomic mass is 28.4. The minimum absolute atomic E-state index is 0.203. The van der Waals surface area contributed by atoms with Crippen molar-refractivity contribution >= 4 is 30.8 Å². The topological polar surface area (TPSA) is 60.7 Å². The second-order valence-electron chi connectivity index (χ2n) is 3.59. The van der Waals surface area contributed by atoms with E-state index in [0.29, 0.717) is 5.39 Å². The highest BCUT2D eigenvalue weighted by Crippen LogP contribution is 2.19. The van der Waals surface area contributed by atoms with Crippen molar-refractivity contribution in [1.82, 2.24) is 0 Å². The second-order valence-corrected chi connectivity index (χ2v) is 5.40. The average molecular weight is 232 g/mol. The molecule has 82 valence electrons. The molecule has 0 fully saturated rings. The first-order valence-electron chi connectivity index (χ1n) is 4.86.